The van der Waals surface area contributed by atoms with Crippen LogP contribution >= 0.6 is 0 Å². The molecule has 1 aromatic rings. The highest BCUT2D eigenvalue weighted by Gasteiger charge is 2.16. The summed E-state index contributed by atoms with van der Waals surface area (Å²) in [6.07, 6.45) is 0. The molecule has 0 saturated carbocycles. The molecule has 0 radical (unpaired) electrons. The molecule has 0 heterocycles. The summed E-state index contributed by atoms with van der Waals surface area (Å²) in [5.41, 5.74) is 1.50. The first kappa shape index (κ1) is 16.9. The molecule has 1 amide bonds. The van der Waals surface area contributed by atoms with Crippen LogP contribution in [-0.4, -0.2) is 43.4 Å². The minimum Gasteiger partial charge on any atom is -0.383 e. The fourth-order valence-electron chi connectivity index (χ4n) is 2.21. The number of carbonyl (C=O) groups excluding carboxylic acids is 1. The van der Waals surface area contributed by atoms with Crippen molar-refractivity contribution in [2.24, 2.45) is 5.92 Å². The topological polar surface area (TPSA) is 87.5 Å². The Bertz CT molecular complexity index is 519. The lowest BCUT2D eigenvalue weighted by Gasteiger charge is -2.20. The molecule has 1 atom stereocenters. The van der Waals surface area contributed by atoms with Crippen LogP contribution in [0.25, 0.3) is 0 Å². The van der Waals surface area contributed by atoms with Crippen molar-refractivity contribution in [3.05, 3.63) is 33.9 Å². The largest absolute Gasteiger partial charge is 0.383 e. The Labute approximate surface area is 124 Å². The van der Waals surface area contributed by atoms with Gasteiger partial charge in [-0.2, -0.15) is 0 Å². The van der Waals surface area contributed by atoms with E-state index in [4.69, 9.17) is 0 Å². The first-order chi connectivity index (χ1) is 9.88. The highest BCUT2D eigenvalue weighted by Crippen LogP contribution is 2.25. The summed E-state index contributed by atoms with van der Waals surface area (Å²) in [6.45, 7) is 3.10. The van der Waals surface area contributed by atoms with Crippen molar-refractivity contribution in [2.75, 3.05) is 33.0 Å². The number of nitrogens with one attached hydrogen (secondary N) is 2. The summed E-state index contributed by atoms with van der Waals surface area (Å²) in [6, 6.07) is 5.00. The summed E-state index contributed by atoms with van der Waals surface area (Å²) in [4.78, 5) is 24.0. The van der Waals surface area contributed by atoms with Crippen LogP contribution in [-0.2, 0) is 11.3 Å². The van der Waals surface area contributed by atoms with Crippen LogP contribution in [0.5, 0.6) is 0 Å². The summed E-state index contributed by atoms with van der Waals surface area (Å²) < 4.78 is 0. The van der Waals surface area contributed by atoms with E-state index in [-0.39, 0.29) is 17.5 Å². The maximum atomic E-state index is 11.5. The zero-order valence-electron chi connectivity index (χ0n) is 12.8. The van der Waals surface area contributed by atoms with Crippen molar-refractivity contribution in [1.29, 1.82) is 0 Å². The Hall–Kier alpha value is -2.15. The fraction of sp³-hybridized carbons (Fsp3) is 0.500. The number of nitro benzene ring substituents is 1. The molecule has 0 bridgehead atoms. The van der Waals surface area contributed by atoms with Crippen molar-refractivity contribution in [2.45, 2.75) is 13.5 Å². The van der Waals surface area contributed by atoms with E-state index in [0.717, 1.165) is 5.56 Å². The smallest absolute Gasteiger partial charge is 0.292 e. The van der Waals surface area contributed by atoms with Gasteiger partial charge in [-0.1, -0.05) is 13.0 Å². The van der Waals surface area contributed by atoms with Crippen LogP contribution in [0.1, 0.15) is 12.5 Å². The summed E-state index contributed by atoms with van der Waals surface area (Å²) in [7, 11) is 5.19. The summed E-state index contributed by atoms with van der Waals surface area (Å²) in [5, 5.41) is 16.3. The molecule has 0 saturated heterocycles. The standard InChI is InChI=1S/C14H22N4O3/c1-10(14(19)16-3)8-17(4)9-11-5-6-13(18(20)21)12(7-11)15-2/h5-7,10,15H,8-9H2,1-4H3,(H,16,19). The molecule has 0 fully saturated rings. The third-order valence-corrected chi connectivity index (χ3v) is 3.26. The lowest BCUT2D eigenvalue weighted by molar-refractivity contribution is -0.384. The van der Waals surface area contributed by atoms with Crippen LogP contribution in [0.3, 0.4) is 0 Å². The molecular formula is C14H22N4O3. The van der Waals surface area contributed by atoms with Gasteiger partial charge in [-0.25, -0.2) is 0 Å². The molecule has 0 aliphatic rings. The highest BCUT2D eigenvalue weighted by atomic mass is 16.6. The van der Waals surface area contributed by atoms with E-state index in [2.05, 4.69) is 10.6 Å². The lowest BCUT2D eigenvalue weighted by atomic mass is 10.1. The number of benzene rings is 1. The van der Waals surface area contributed by atoms with Gasteiger partial charge in [-0.15, -0.1) is 0 Å². The average molecular weight is 294 g/mol. The van der Waals surface area contributed by atoms with E-state index in [1.54, 1.807) is 26.2 Å². The van der Waals surface area contributed by atoms with Gasteiger partial charge in [0, 0.05) is 39.2 Å². The molecule has 1 unspecified atom stereocenters. The Morgan fingerprint density at radius 2 is 2.10 bits per heavy atom. The van der Waals surface area contributed by atoms with E-state index in [0.29, 0.717) is 18.8 Å². The summed E-state index contributed by atoms with van der Waals surface area (Å²) in [5.74, 6) is -0.108. The Morgan fingerprint density at radius 3 is 2.62 bits per heavy atom. The second kappa shape index (κ2) is 7.58. The molecule has 0 aliphatic heterocycles. The molecular weight excluding hydrogens is 272 g/mol. The maximum absolute atomic E-state index is 11.5. The molecule has 2 N–H and O–H groups in total. The number of hydrogen-bond donors (Lipinski definition) is 2. The average Bonchev–Trinajstić information content (AvgIpc) is 2.45. The third-order valence-electron chi connectivity index (χ3n) is 3.26. The molecule has 1 rings (SSSR count). The number of rotatable bonds is 7. The van der Waals surface area contributed by atoms with Gasteiger partial charge in [0.2, 0.25) is 5.91 Å². The van der Waals surface area contributed by atoms with Gasteiger partial charge >= 0.3 is 0 Å². The Balaban J connectivity index is 2.74. The monoisotopic (exact) mass is 294 g/mol. The maximum Gasteiger partial charge on any atom is 0.292 e. The van der Waals surface area contributed by atoms with Crippen LogP contribution in [0.2, 0.25) is 0 Å². The quantitative estimate of drug-likeness (QED) is 0.587. The molecule has 0 aliphatic carbocycles. The SMILES string of the molecule is CNC(=O)C(C)CN(C)Cc1ccc([N+](=O)[O-])c(NC)c1. The minimum atomic E-state index is -0.410. The summed E-state index contributed by atoms with van der Waals surface area (Å²) >= 11 is 0. The van der Waals surface area contributed by atoms with Gasteiger partial charge in [-0.05, 0) is 18.7 Å². The number of nitro groups is 1. The normalized spacial score (nSPS) is 12.0. The minimum absolute atomic E-state index is 0.00135. The van der Waals surface area contributed by atoms with E-state index >= 15 is 0 Å². The zero-order valence-corrected chi connectivity index (χ0v) is 12.8. The predicted octanol–water partition coefficient (Wildman–Crippen LogP) is 1.45. The number of nitrogens with zero attached hydrogens (tertiary/aromatic N) is 2. The van der Waals surface area contributed by atoms with Crippen molar-refractivity contribution in [3.63, 3.8) is 0 Å². The van der Waals surface area contributed by atoms with Crippen LogP contribution in [0.4, 0.5) is 11.4 Å². The number of amides is 1. The van der Waals surface area contributed by atoms with Gasteiger partial charge in [0.1, 0.15) is 5.69 Å². The fourth-order valence-corrected chi connectivity index (χ4v) is 2.21. The third kappa shape index (κ3) is 4.71. The number of anilines is 1. The molecule has 21 heavy (non-hydrogen) atoms. The van der Waals surface area contributed by atoms with Crippen LogP contribution < -0.4 is 10.6 Å². The molecule has 0 aromatic heterocycles. The highest BCUT2D eigenvalue weighted by molar-refractivity contribution is 5.78. The van der Waals surface area contributed by atoms with Crippen LogP contribution in [0, 0.1) is 16.0 Å². The molecule has 7 nitrogen and oxygen atoms in total. The molecule has 116 valence electrons. The van der Waals surface area contributed by atoms with E-state index in [9.17, 15) is 14.9 Å². The van der Waals surface area contributed by atoms with Gasteiger partial charge in [0.05, 0.1) is 4.92 Å². The van der Waals surface area contributed by atoms with Crippen LogP contribution in [0.15, 0.2) is 18.2 Å². The predicted molar refractivity (Wildman–Crippen MR) is 82.2 cm³/mol. The van der Waals surface area contributed by atoms with E-state index < -0.39 is 4.92 Å². The van der Waals surface area contributed by atoms with Gasteiger partial charge in [0.15, 0.2) is 0 Å². The van der Waals surface area contributed by atoms with Gasteiger partial charge in [0.25, 0.3) is 5.69 Å². The van der Waals surface area contributed by atoms with Crippen molar-refractivity contribution < 1.29 is 9.72 Å². The first-order valence-corrected chi connectivity index (χ1v) is 6.74. The van der Waals surface area contributed by atoms with E-state index in [1.807, 2.05) is 18.9 Å². The van der Waals surface area contributed by atoms with Crippen molar-refractivity contribution in [3.8, 4) is 0 Å². The second-order valence-electron chi connectivity index (χ2n) is 5.07. The van der Waals surface area contributed by atoms with Crippen molar-refractivity contribution >= 4 is 17.3 Å². The number of carbonyl (C=O) groups is 1. The Kier molecular flexibility index (Phi) is 6.10. The first-order valence-electron chi connectivity index (χ1n) is 6.74. The lowest BCUT2D eigenvalue weighted by Crippen LogP contribution is -2.34. The molecule has 1 aromatic carbocycles. The second-order valence-corrected chi connectivity index (χ2v) is 5.07. The zero-order chi connectivity index (χ0) is 16.0. The van der Waals surface area contributed by atoms with Gasteiger partial charge in [-0.3, -0.25) is 14.9 Å². The van der Waals surface area contributed by atoms with Crippen molar-refractivity contribution in [1.82, 2.24) is 10.2 Å². The Morgan fingerprint density at radius 1 is 1.43 bits per heavy atom. The number of hydrogen-bond acceptors (Lipinski definition) is 5. The molecule has 7 heteroatoms. The molecule has 0 spiro atoms. The van der Waals surface area contributed by atoms with Gasteiger partial charge < -0.3 is 15.5 Å². The van der Waals surface area contributed by atoms with E-state index in [1.165, 1.54) is 6.07 Å².